The van der Waals surface area contributed by atoms with Crippen molar-refractivity contribution in [1.29, 1.82) is 0 Å². The van der Waals surface area contributed by atoms with E-state index in [1.54, 1.807) is 0 Å². The van der Waals surface area contributed by atoms with Crippen molar-refractivity contribution in [2.45, 2.75) is 258 Å². The topological polar surface area (TPSA) is 78.9 Å². The van der Waals surface area contributed by atoms with Gasteiger partial charge in [-0.25, -0.2) is 0 Å². The van der Waals surface area contributed by atoms with Gasteiger partial charge < -0.3 is 14.2 Å². The van der Waals surface area contributed by atoms with Gasteiger partial charge in [-0.15, -0.1) is 0 Å². The maximum Gasteiger partial charge on any atom is 0.306 e. The quantitative estimate of drug-likeness (QED) is 0.0261. The summed E-state index contributed by atoms with van der Waals surface area (Å²) in [5.74, 6) is -1.02. The lowest BCUT2D eigenvalue weighted by molar-refractivity contribution is -0.167. The van der Waals surface area contributed by atoms with Crippen LogP contribution in [-0.4, -0.2) is 37.2 Å². The molecule has 0 aromatic heterocycles. The van der Waals surface area contributed by atoms with Gasteiger partial charge in [-0.2, -0.15) is 0 Å². The summed E-state index contributed by atoms with van der Waals surface area (Å²) >= 11 is 0. The number of esters is 3. The third kappa shape index (κ3) is 65.2. The lowest BCUT2D eigenvalue weighted by Crippen LogP contribution is -2.30. The summed E-state index contributed by atoms with van der Waals surface area (Å²) < 4.78 is 16.8. The molecule has 81 heavy (non-hydrogen) atoms. The lowest BCUT2D eigenvalue weighted by Gasteiger charge is -2.18. The van der Waals surface area contributed by atoms with Crippen LogP contribution in [0.4, 0.5) is 0 Å². The van der Waals surface area contributed by atoms with Gasteiger partial charge in [0.25, 0.3) is 0 Å². The van der Waals surface area contributed by atoms with Gasteiger partial charge >= 0.3 is 17.9 Å². The molecular formula is C75H116O6. The molecule has 6 heteroatoms. The van der Waals surface area contributed by atoms with Crippen molar-refractivity contribution in [1.82, 2.24) is 0 Å². The predicted molar refractivity (Wildman–Crippen MR) is 352 cm³/mol. The zero-order valence-electron chi connectivity index (χ0n) is 51.7. The fraction of sp³-hybridized carbons (Fsp3) is 0.560. The Morgan fingerprint density at radius 3 is 0.741 bits per heavy atom. The van der Waals surface area contributed by atoms with Crippen molar-refractivity contribution < 1.29 is 28.6 Å². The fourth-order valence-electron chi connectivity index (χ4n) is 8.18. The van der Waals surface area contributed by atoms with E-state index in [1.807, 2.05) is 0 Å². The van der Waals surface area contributed by atoms with Gasteiger partial charge in [0, 0.05) is 19.3 Å². The number of carbonyl (C=O) groups is 3. The molecule has 0 amide bonds. The average molecular weight is 1110 g/mol. The van der Waals surface area contributed by atoms with E-state index in [1.165, 1.54) is 57.8 Å². The average Bonchev–Trinajstić information content (AvgIpc) is 3.46. The van der Waals surface area contributed by atoms with E-state index in [4.69, 9.17) is 14.2 Å². The van der Waals surface area contributed by atoms with Crippen LogP contribution in [0.25, 0.3) is 0 Å². The van der Waals surface area contributed by atoms with E-state index < -0.39 is 6.10 Å². The maximum atomic E-state index is 12.9. The first-order valence-electron chi connectivity index (χ1n) is 32.3. The SMILES string of the molecule is CC/C=C\C/C=C\C/C=C\C/C=C\C/C=C\C/C=C\C/C=C\CCCC(=O)OC(COC(=O)CCCCC/C=C\C/C=C\C/C=C\CC)COC(=O)CCCCCCCCCCCCC/C=C\C/C=C\C/C=C\C/C=C\C/C=C\CC. The van der Waals surface area contributed by atoms with Crippen LogP contribution in [-0.2, 0) is 28.6 Å². The number of ether oxygens (including phenoxy) is 3. The summed E-state index contributed by atoms with van der Waals surface area (Å²) in [4.78, 5) is 38.3. The molecule has 0 aromatic rings. The molecule has 0 aromatic carbocycles. The predicted octanol–water partition coefficient (Wildman–Crippen LogP) is 22.4. The minimum absolute atomic E-state index is 0.121. The Hall–Kier alpha value is -5.49. The molecule has 0 bridgehead atoms. The molecule has 0 aliphatic rings. The summed E-state index contributed by atoms with van der Waals surface area (Å²) in [5.41, 5.74) is 0. The van der Waals surface area contributed by atoms with Crippen LogP contribution in [0.15, 0.2) is 182 Å². The van der Waals surface area contributed by atoms with E-state index >= 15 is 0 Å². The summed E-state index contributed by atoms with van der Waals surface area (Å²) in [7, 11) is 0. The molecule has 0 N–H and O–H groups in total. The smallest absolute Gasteiger partial charge is 0.306 e. The van der Waals surface area contributed by atoms with Crippen LogP contribution >= 0.6 is 0 Å². The number of rotatable bonds is 56. The van der Waals surface area contributed by atoms with Crippen molar-refractivity contribution in [2.24, 2.45) is 0 Å². The zero-order chi connectivity index (χ0) is 58.5. The number of carbonyl (C=O) groups excluding carboxylic acids is 3. The molecule has 0 saturated carbocycles. The molecule has 0 aliphatic carbocycles. The third-order valence-corrected chi connectivity index (χ3v) is 12.9. The minimum Gasteiger partial charge on any atom is -0.462 e. The Morgan fingerprint density at radius 1 is 0.247 bits per heavy atom. The van der Waals surface area contributed by atoms with Gasteiger partial charge in [-0.1, -0.05) is 267 Å². The highest BCUT2D eigenvalue weighted by molar-refractivity contribution is 5.71. The third-order valence-electron chi connectivity index (χ3n) is 12.9. The van der Waals surface area contributed by atoms with Crippen molar-refractivity contribution in [3.63, 3.8) is 0 Å². The normalized spacial score (nSPS) is 13.4. The lowest BCUT2D eigenvalue weighted by atomic mass is 10.0. The number of unbranched alkanes of at least 4 members (excludes halogenated alkanes) is 15. The molecular weight excluding hydrogens is 997 g/mol. The molecule has 1 atom stereocenters. The van der Waals surface area contributed by atoms with Crippen LogP contribution in [0.1, 0.15) is 252 Å². The molecule has 0 heterocycles. The number of hydrogen-bond donors (Lipinski definition) is 0. The Bertz CT molecular complexity index is 1900. The molecule has 0 radical (unpaired) electrons. The van der Waals surface area contributed by atoms with Crippen LogP contribution < -0.4 is 0 Å². The van der Waals surface area contributed by atoms with Crippen LogP contribution in [0.5, 0.6) is 0 Å². The molecule has 0 aliphatic heterocycles. The molecule has 6 nitrogen and oxygen atoms in total. The molecule has 0 spiro atoms. The Balaban J connectivity index is 4.46. The van der Waals surface area contributed by atoms with E-state index in [0.717, 1.165) is 148 Å². The summed E-state index contributed by atoms with van der Waals surface area (Å²) in [6.07, 6.45) is 101. The first-order chi connectivity index (χ1) is 40.0. The molecule has 1 unspecified atom stereocenters. The van der Waals surface area contributed by atoms with Gasteiger partial charge in [0.15, 0.2) is 6.10 Å². The maximum absolute atomic E-state index is 12.9. The summed E-state index contributed by atoms with van der Waals surface area (Å²) in [6.45, 7) is 6.21. The molecule has 0 rings (SSSR count). The van der Waals surface area contributed by atoms with Crippen molar-refractivity contribution in [3.05, 3.63) is 182 Å². The Morgan fingerprint density at radius 2 is 0.457 bits per heavy atom. The van der Waals surface area contributed by atoms with Crippen molar-refractivity contribution in [2.75, 3.05) is 13.2 Å². The van der Waals surface area contributed by atoms with Gasteiger partial charge in [0.1, 0.15) is 13.2 Å². The summed E-state index contributed by atoms with van der Waals surface area (Å²) in [5, 5.41) is 0. The standard InChI is InChI=1S/C75H116O6/c1-4-7-10-13-16-19-22-25-27-29-31-33-35-36-37-38-40-41-43-45-47-50-53-56-59-62-65-68-74(77)80-71-72(70-79-73(76)67-64-61-58-55-52-49-24-21-18-15-12-9-6-3)81-75(78)69-66-63-60-57-54-51-48-46-44-42-39-34-32-30-28-26-23-20-17-14-11-8-5-2/h7-12,16-21,25-28,31-34,36-37,42,44,48-49,51-52,57,60,72H,4-6,13-15,22-24,29-30,35,38-41,43,45-47,50,53-56,58-59,61-71H2,1-3H3/b10-7-,11-8-,12-9-,19-16-,20-17-,21-18-,27-25-,28-26-,33-31-,34-32-,37-36-,44-42-,51-48-,52-49-,60-57-. The van der Waals surface area contributed by atoms with Gasteiger partial charge in [-0.05, 0) is 148 Å². The van der Waals surface area contributed by atoms with Gasteiger partial charge in [0.2, 0.25) is 0 Å². The highest BCUT2D eigenvalue weighted by Gasteiger charge is 2.19. The van der Waals surface area contributed by atoms with E-state index in [0.29, 0.717) is 19.3 Å². The monoisotopic (exact) mass is 1110 g/mol. The van der Waals surface area contributed by atoms with Crippen LogP contribution in [0.3, 0.4) is 0 Å². The zero-order valence-corrected chi connectivity index (χ0v) is 51.7. The van der Waals surface area contributed by atoms with Gasteiger partial charge in [-0.3, -0.25) is 14.4 Å². The second-order valence-electron chi connectivity index (χ2n) is 20.5. The largest absolute Gasteiger partial charge is 0.462 e. The second kappa shape index (κ2) is 67.0. The summed E-state index contributed by atoms with van der Waals surface area (Å²) in [6, 6.07) is 0. The molecule has 0 fully saturated rings. The van der Waals surface area contributed by atoms with Crippen LogP contribution in [0, 0.1) is 0 Å². The Kier molecular flexibility index (Phi) is 62.5. The van der Waals surface area contributed by atoms with E-state index in [2.05, 4.69) is 203 Å². The number of allylic oxidation sites excluding steroid dienone is 30. The molecule has 452 valence electrons. The highest BCUT2D eigenvalue weighted by atomic mass is 16.6. The second-order valence-corrected chi connectivity index (χ2v) is 20.5. The highest BCUT2D eigenvalue weighted by Crippen LogP contribution is 2.14. The number of hydrogen-bond acceptors (Lipinski definition) is 6. The fourth-order valence-corrected chi connectivity index (χ4v) is 8.18. The van der Waals surface area contributed by atoms with Gasteiger partial charge in [0.05, 0.1) is 0 Å². The van der Waals surface area contributed by atoms with E-state index in [-0.39, 0.29) is 37.5 Å². The Labute approximate surface area is 497 Å². The molecule has 0 saturated heterocycles. The first kappa shape index (κ1) is 75.5. The minimum atomic E-state index is -0.834. The van der Waals surface area contributed by atoms with Crippen molar-refractivity contribution in [3.8, 4) is 0 Å². The van der Waals surface area contributed by atoms with E-state index in [9.17, 15) is 14.4 Å². The van der Waals surface area contributed by atoms with Crippen LogP contribution in [0.2, 0.25) is 0 Å². The first-order valence-corrected chi connectivity index (χ1v) is 32.3. The van der Waals surface area contributed by atoms with Crippen molar-refractivity contribution >= 4 is 17.9 Å².